The molecule has 0 spiro atoms. The zero-order valence-electron chi connectivity index (χ0n) is 4.91. The Kier molecular flexibility index (Phi) is 5.15. The van der Waals surface area contributed by atoms with Crippen molar-refractivity contribution in [2.24, 2.45) is 0 Å². The van der Waals surface area contributed by atoms with Crippen molar-refractivity contribution in [1.29, 1.82) is 0 Å². The highest BCUT2D eigenvalue weighted by molar-refractivity contribution is 5.37. The second-order valence-corrected chi connectivity index (χ2v) is 1.56. The summed E-state index contributed by atoms with van der Waals surface area (Å²) in [6.07, 6.45) is -0.538. The van der Waals surface area contributed by atoms with Crippen LogP contribution in [0, 0.1) is 0 Å². The molecule has 0 amide bonds. The average Bonchev–Trinajstić information content (AvgIpc) is 1.89. The van der Waals surface area contributed by atoms with Crippen LogP contribution in [0.15, 0.2) is 0 Å². The fourth-order valence-electron chi connectivity index (χ4n) is 0.328. The van der Waals surface area contributed by atoms with Crippen molar-refractivity contribution in [3.8, 4) is 0 Å². The lowest BCUT2D eigenvalue weighted by atomic mass is 10.3. The van der Waals surface area contributed by atoms with Gasteiger partial charge >= 0.3 is 6.47 Å². The molecule has 0 aliphatic carbocycles. The fourth-order valence-corrected chi connectivity index (χ4v) is 0.328. The molecule has 1 unspecified atom stereocenters. The second-order valence-electron chi connectivity index (χ2n) is 1.56. The minimum atomic E-state index is -0.793. The Labute approximate surface area is 53.1 Å². The first kappa shape index (κ1) is 8.39. The Morgan fingerprint density at radius 3 is 2.78 bits per heavy atom. The van der Waals surface area contributed by atoms with Gasteiger partial charge in [0, 0.05) is 6.42 Å². The van der Waals surface area contributed by atoms with E-state index in [0.717, 1.165) is 0 Å². The highest BCUT2D eigenvalue weighted by Crippen LogP contribution is 1.88. The first-order valence-corrected chi connectivity index (χ1v) is 2.59. The Balaban J connectivity index is 2.96. The molecule has 0 aliphatic rings. The molecule has 0 aromatic heterocycles. The molecule has 1 radical (unpaired) electrons. The number of aliphatic hydroxyl groups excluding tert-OH is 2. The summed E-state index contributed by atoms with van der Waals surface area (Å²) >= 11 is 0. The minimum absolute atomic E-state index is 0.102. The maximum absolute atomic E-state index is 9.38. The molecule has 0 aromatic rings. The van der Waals surface area contributed by atoms with Crippen LogP contribution in [0.25, 0.3) is 0 Å². The van der Waals surface area contributed by atoms with Gasteiger partial charge < -0.3 is 14.9 Å². The summed E-state index contributed by atoms with van der Waals surface area (Å²) in [6, 6.07) is 0. The summed E-state index contributed by atoms with van der Waals surface area (Å²) in [7, 11) is 0. The molecule has 0 heterocycles. The van der Waals surface area contributed by atoms with E-state index in [0.29, 0.717) is 0 Å². The predicted molar refractivity (Wildman–Crippen MR) is 29.4 cm³/mol. The van der Waals surface area contributed by atoms with Crippen molar-refractivity contribution < 1.29 is 19.7 Å². The van der Waals surface area contributed by atoms with Crippen LogP contribution >= 0.6 is 0 Å². The van der Waals surface area contributed by atoms with E-state index < -0.39 is 6.10 Å². The van der Waals surface area contributed by atoms with E-state index in [2.05, 4.69) is 4.74 Å². The van der Waals surface area contributed by atoms with Gasteiger partial charge in [0.15, 0.2) is 0 Å². The van der Waals surface area contributed by atoms with Crippen LogP contribution in [0.4, 0.5) is 0 Å². The topological polar surface area (TPSA) is 66.8 Å². The molecule has 2 N–H and O–H groups in total. The molecule has 53 valence electrons. The number of carbonyl (C=O) groups excluding carboxylic acids is 1. The Bertz CT molecular complexity index is 73.4. The Morgan fingerprint density at radius 2 is 2.33 bits per heavy atom. The predicted octanol–water partition coefficient (Wildman–Crippen LogP) is -1.19. The first-order valence-electron chi connectivity index (χ1n) is 2.59. The van der Waals surface area contributed by atoms with Gasteiger partial charge in [-0.3, -0.25) is 0 Å². The molecular formula is C5H9O4. The van der Waals surface area contributed by atoms with Crippen LogP contribution in [0.3, 0.4) is 0 Å². The lowest BCUT2D eigenvalue weighted by molar-refractivity contribution is 0.0733. The van der Waals surface area contributed by atoms with Crippen molar-refractivity contribution in [2.45, 2.75) is 12.5 Å². The van der Waals surface area contributed by atoms with Gasteiger partial charge in [-0.2, -0.15) is 0 Å². The van der Waals surface area contributed by atoms with Gasteiger partial charge in [0.1, 0.15) is 0 Å². The molecule has 4 heteroatoms. The van der Waals surface area contributed by atoms with Crippen molar-refractivity contribution in [3.63, 3.8) is 0 Å². The summed E-state index contributed by atoms with van der Waals surface area (Å²) in [4.78, 5) is 9.38. The van der Waals surface area contributed by atoms with Crippen molar-refractivity contribution >= 4 is 6.47 Å². The third-order valence-electron chi connectivity index (χ3n) is 0.823. The summed E-state index contributed by atoms with van der Waals surface area (Å²) in [5.74, 6) is 0. The number of hydrogen-bond donors (Lipinski definition) is 2. The normalized spacial score (nSPS) is 12.7. The van der Waals surface area contributed by atoms with E-state index in [1.807, 2.05) is 0 Å². The first-order chi connectivity index (χ1) is 4.31. The summed E-state index contributed by atoms with van der Waals surface area (Å²) in [5.41, 5.74) is 0. The molecular weight excluding hydrogens is 124 g/mol. The molecule has 0 saturated carbocycles. The molecule has 9 heavy (non-hydrogen) atoms. The zero-order chi connectivity index (χ0) is 7.11. The highest BCUT2D eigenvalue weighted by Gasteiger charge is 1.99. The van der Waals surface area contributed by atoms with Crippen molar-refractivity contribution in [2.75, 3.05) is 13.2 Å². The second kappa shape index (κ2) is 5.53. The maximum atomic E-state index is 9.38. The third kappa shape index (κ3) is 5.26. The average molecular weight is 133 g/mol. The number of ether oxygens (including phenoxy) is 1. The van der Waals surface area contributed by atoms with Gasteiger partial charge in [-0.1, -0.05) is 0 Å². The van der Waals surface area contributed by atoms with Crippen LogP contribution in [0.2, 0.25) is 0 Å². The van der Waals surface area contributed by atoms with Gasteiger partial charge in [0.05, 0.1) is 19.3 Å². The molecule has 0 aromatic carbocycles. The third-order valence-corrected chi connectivity index (χ3v) is 0.823. The van der Waals surface area contributed by atoms with E-state index in [4.69, 9.17) is 10.2 Å². The monoisotopic (exact) mass is 133 g/mol. The van der Waals surface area contributed by atoms with Crippen LogP contribution in [-0.4, -0.2) is 36.0 Å². The van der Waals surface area contributed by atoms with Crippen molar-refractivity contribution in [1.82, 2.24) is 0 Å². The summed E-state index contributed by atoms with van der Waals surface area (Å²) in [5, 5.41) is 16.9. The van der Waals surface area contributed by atoms with E-state index in [9.17, 15) is 4.79 Å². The van der Waals surface area contributed by atoms with E-state index in [1.54, 1.807) is 0 Å². The fraction of sp³-hybridized carbons (Fsp3) is 0.800. The zero-order valence-corrected chi connectivity index (χ0v) is 4.91. The van der Waals surface area contributed by atoms with Gasteiger partial charge in [0.25, 0.3) is 0 Å². The Morgan fingerprint density at radius 1 is 1.67 bits per heavy atom. The summed E-state index contributed by atoms with van der Waals surface area (Å²) in [6.45, 7) is 1.00. The smallest absolute Gasteiger partial charge is 0.417 e. The lowest BCUT2D eigenvalue weighted by Gasteiger charge is -2.03. The number of hydrogen-bond acceptors (Lipinski definition) is 4. The molecule has 0 aliphatic heterocycles. The Hall–Kier alpha value is -0.610. The van der Waals surface area contributed by atoms with E-state index >= 15 is 0 Å². The lowest BCUT2D eigenvalue weighted by Crippen LogP contribution is -2.14. The molecule has 4 nitrogen and oxygen atoms in total. The highest BCUT2D eigenvalue weighted by atomic mass is 16.5. The molecule has 1 atom stereocenters. The van der Waals surface area contributed by atoms with E-state index in [1.165, 1.54) is 6.47 Å². The van der Waals surface area contributed by atoms with Gasteiger partial charge in [-0.15, -0.1) is 0 Å². The SMILES string of the molecule is O=[C]OCCC(O)CO. The largest absolute Gasteiger partial charge is 0.457 e. The van der Waals surface area contributed by atoms with Crippen LogP contribution in [0.5, 0.6) is 0 Å². The van der Waals surface area contributed by atoms with E-state index in [-0.39, 0.29) is 19.6 Å². The standard InChI is InChI=1S/C5H9O4/c6-3-5(8)1-2-9-4-7/h5-6,8H,1-3H2. The van der Waals surface area contributed by atoms with Crippen LogP contribution < -0.4 is 0 Å². The van der Waals surface area contributed by atoms with Gasteiger partial charge in [-0.25, -0.2) is 4.79 Å². The van der Waals surface area contributed by atoms with Crippen molar-refractivity contribution in [3.05, 3.63) is 0 Å². The van der Waals surface area contributed by atoms with Crippen LogP contribution in [-0.2, 0) is 9.53 Å². The molecule has 0 saturated heterocycles. The van der Waals surface area contributed by atoms with Crippen LogP contribution in [0.1, 0.15) is 6.42 Å². The maximum Gasteiger partial charge on any atom is 0.417 e. The molecule has 0 fully saturated rings. The molecule has 0 bridgehead atoms. The van der Waals surface area contributed by atoms with Gasteiger partial charge in [0.2, 0.25) is 0 Å². The summed E-state index contributed by atoms with van der Waals surface area (Å²) < 4.78 is 4.13. The minimum Gasteiger partial charge on any atom is -0.457 e. The van der Waals surface area contributed by atoms with Gasteiger partial charge in [-0.05, 0) is 0 Å². The molecule has 0 rings (SSSR count). The quantitative estimate of drug-likeness (QED) is 0.463. The number of aliphatic hydroxyl groups is 2. The number of rotatable bonds is 5.